The molecule has 0 bridgehead atoms. The highest BCUT2D eigenvalue weighted by molar-refractivity contribution is 5.42. The van der Waals surface area contributed by atoms with E-state index in [9.17, 15) is 10.1 Å². The second-order valence-electron chi connectivity index (χ2n) is 4.57. The molecule has 0 aromatic carbocycles. The summed E-state index contributed by atoms with van der Waals surface area (Å²) < 4.78 is 7.14. The van der Waals surface area contributed by atoms with Gasteiger partial charge in [0.1, 0.15) is 0 Å². The van der Waals surface area contributed by atoms with Crippen LogP contribution in [0.3, 0.4) is 0 Å². The third kappa shape index (κ3) is 3.53. The van der Waals surface area contributed by atoms with Crippen molar-refractivity contribution in [1.29, 1.82) is 0 Å². The molecule has 2 heterocycles. The first-order chi connectivity index (χ1) is 9.56. The third-order valence-electron chi connectivity index (χ3n) is 2.77. The van der Waals surface area contributed by atoms with Gasteiger partial charge in [0.05, 0.1) is 17.7 Å². The van der Waals surface area contributed by atoms with E-state index in [1.807, 2.05) is 13.2 Å². The Morgan fingerprint density at radius 1 is 1.45 bits per heavy atom. The van der Waals surface area contributed by atoms with Crippen LogP contribution in [0.1, 0.15) is 17.5 Å². The number of nitro groups is 1. The van der Waals surface area contributed by atoms with Gasteiger partial charge in [0.2, 0.25) is 0 Å². The Morgan fingerprint density at radius 3 is 2.90 bits per heavy atom. The smallest absolute Gasteiger partial charge is 0.331 e. The van der Waals surface area contributed by atoms with Crippen molar-refractivity contribution in [3.63, 3.8) is 0 Å². The molecule has 2 aromatic heterocycles. The Morgan fingerprint density at radius 2 is 2.25 bits per heavy atom. The van der Waals surface area contributed by atoms with Crippen LogP contribution in [0.15, 0.2) is 24.7 Å². The van der Waals surface area contributed by atoms with Crippen molar-refractivity contribution < 1.29 is 9.66 Å². The van der Waals surface area contributed by atoms with Gasteiger partial charge in [0, 0.05) is 25.5 Å². The van der Waals surface area contributed by atoms with Gasteiger partial charge < -0.3 is 4.74 Å². The predicted octanol–water partition coefficient (Wildman–Crippen LogP) is 2.04. The molecule has 0 N–H and O–H groups in total. The SMILES string of the molecule is Cc1cnc(OCCCc2cnn(C)c2)c([N+](=O)[O-])c1. The molecule has 0 fully saturated rings. The van der Waals surface area contributed by atoms with Gasteiger partial charge in [-0.3, -0.25) is 14.8 Å². The number of aromatic nitrogens is 3. The van der Waals surface area contributed by atoms with Gasteiger partial charge >= 0.3 is 5.69 Å². The van der Waals surface area contributed by atoms with Crippen LogP contribution in [0.2, 0.25) is 0 Å². The fourth-order valence-electron chi connectivity index (χ4n) is 1.83. The lowest BCUT2D eigenvalue weighted by atomic mass is 10.2. The summed E-state index contributed by atoms with van der Waals surface area (Å²) in [4.78, 5) is 14.4. The van der Waals surface area contributed by atoms with Crippen LogP contribution in [-0.4, -0.2) is 26.3 Å². The molecular formula is C13H16N4O3. The van der Waals surface area contributed by atoms with Gasteiger partial charge in [-0.05, 0) is 30.9 Å². The van der Waals surface area contributed by atoms with Crippen LogP contribution < -0.4 is 4.74 Å². The molecule has 0 unspecified atom stereocenters. The van der Waals surface area contributed by atoms with E-state index in [2.05, 4.69) is 10.1 Å². The van der Waals surface area contributed by atoms with Gasteiger partial charge in [-0.2, -0.15) is 5.10 Å². The highest BCUT2D eigenvalue weighted by atomic mass is 16.6. The van der Waals surface area contributed by atoms with E-state index in [1.54, 1.807) is 24.0 Å². The first kappa shape index (κ1) is 14.0. The van der Waals surface area contributed by atoms with Crippen LogP contribution in [0.5, 0.6) is 5.88 Å². The zero-order valence-electron chi connectivity index (χ0n) is 11.4. The lowest BCUT2D eigenvalue weighted by Crippen LogP contribution is -2.04. The molecule has 0 aliphatic carbocycles. The van der Waals surface area contributed by atoms with Crippen LogP contribution >= 0.6 is 0 Å². The molecular weight excluding hydrogens is 260 g/mol. The van der Waals surface area contributed by atoms with E-state index >= 15 is 0 Å². The number of rotatable bonds is 6. The summed E-state index contributed by atoms with van der Waals surface area (Å²) in [7, 11) is 1.86. The molecule has 0 spiro atoms. The van der Waals surface area contributed by atoms with Crippen molar-refractivity contribution in [3.8, 4) is 5.88 Å². The minimum Gasteiger partial charge on any atom is -0.473 e. The van der Waals surface area contributed by atoms with Crippen molar-refractivity contribution in [2.24, 2.45) is 7.05 Å². The van der Waals surface area contributed by atoms with Crippen LogP contribution in [0, 0.1) is 17.0 Å². The Labute approximate surface area is 116 Å². The maximum atomic E-state index is 10.9. The first-order valence-corrected chi connectivity index (χ1v) is 6.27. The van der Waals surface area contributed by atoms with Gasteiger partial charge in [-0.25, -0.2) is 4.98 Å². The van der Waals surface area contributed by atoms with Gasteiger partial charge in [0.15, 0.2) is 0 Å². The number of pyridine rings is 1. The quantitative estimate of drug-likeness (QED) is 0.458. The number of hydrogen-bond acceptors (Lipinski definition) is 5. The summed E-state index contributed by atoms with van der Waals surface area (Å²) in [5.74, 6) is 0.0757. The number of hydrogen-bond donors (Lipinski definition) is 0. The fraction of sp³-hybridized carbons (Fsp3) is 0.385. The highest BCUT2D eigenvalue weighted by Crippen LogP contribution is 2.24. The highest BCUT2D eigenvalue weighted by Gasteiger charge is 2.16. The molecule has 0 aliphatic heterocycles. The van der Waals surface area contributed by atoms with E-state index in [0.717, 1.165) is 24.0 Å². The molecule has 7 nitrogen and oxygen atoms in total. The minimum absolute atomic E-state index is 0.0757. The maximum Gasteiger partial charge on any atom is 0.331 e. The molecule has 20 heavy (non-hydrogen) atoms. The van der Waals surface area contributed by atoms with Crippen LogP contribution in [0.25, 0.3) is 0 Å². The molecule has 0 amide bonds. The maximum absolute atomic E-state index is 10.9. The summed E-state index contributed by atoms with van der Waals surface area (Å²) in [5.41, 5.74) is 1.76. The van der Waals surface area contributed by atoms with E-state index in [0.29, 0.717) is 6.61 Å². The van der Waals surface area contributed by atoms with E-state index in [4.69, 9.17) is 4.74 Å². The number of nitrogens with zero attached hydrogens (tertiary/aromatic N) is 4. The van der Waals surface area contributed by atoms with E-state index in [-0.39, 0.29) is 11.6 Å². The number of ether oxygens (including phenoxy) is 1. The molecule has 2 rings (SSSR count). The molecule has 2 aromatic rings. The second-order valence-corrected chi connectivity index (χ2v) is 4.57. The Bertz CT molecular complexity index is 609. The summed E-state index contributed by atoms with van der Waals surface area (Å²) in [5, 5.41) is 15.0. The Kier molecular flexibility index (Phi) is 4.29. The largest absolute Gasteiger partial charge is 0.473 e. The summed E-state index contributed by atoms with van der Waals surface area (Å²) in [6, 6.07) is 1.46. The standard InChI is InChI=1S/C13H16N4O3/c1-10-6-12(17(18)19)13(14-7-10)20-5-3-4-11-8-15-16(2)9-11/h6-9H,3-5H2,1-2H3. The van der Waals surface area contributed by atoms with Crippen molar-refractivity contribution in [2.45, 2.75) is 19.8 Å². The zero-order valence-corrected chi connectivity index (χ0v) is 11.4. The topological polar surface area (TPSA) is 83.1 Å². The molecule has 7 heteroatoms. The normalized spacial score (nSPS) is 10.5. The molecule has 106 valence electrons. The molecule has 0 saturated carbocycles. The Balaban J connectivity index is 1.89. The van der Waals surface area contributed by atoms with Crippen molar-refractivity contribution >= 4 is 5.69 Å². The van der Waals surface area contributed by atoms with E-state index < -0.39 is 4.92 Å². The summed E-state index contributed by atoms with van der Waals surface area (Å²) in [6.07, 6.45) is 6.86. The monoisotopic (exact) mass is 276 g/mol. The zero-order chi connectivity index (χ0) is 14.5. The molecule has 0 atom stereocenters. The fourth-order valence-corrected chi connectivity index (χ4v) is 1.83. The minimum atomic E-state index is -0.476. The molecule has 0 saturated heterocycles. The molecule has 0 radical (unpaired) electrons. The summed E-state index contributed by atoms with van der Waals surface area (Å²) >= 11 is 0. The van der Waals surface area contributed by atoms with Crippen molar-refractivity contribution in [1.82, 2.24) is 14.8 Å². The van der Waals surface area contributed by atoms with E-state index in [1.165, 1.54) is 6.07 Å². The Hall–Kier alpha value is -2.44. The van der Waals surface area contributed by atoms with Gasteiger partial charge in [-0.15, -0.1) is 0 Å². The van der Waals surface area contributed by atoms with Crippen LogP contribution in [-0.2, 0) is 13.5 Å². The third-order valence-corrected chi connectivity index (χ3v) is 2.77. The second kappa shape index (κ2) is 6.14. The lowest BCUT2D eigenvalue weighted by molar-refractivity contribution is -0.386. The van der Waals surface area contributed by atoms with Crippen LogP contribution in [0.4, 0.5) is 5.69 Å². The average Bonchev–Trinajstić information content (AvgIpc) is 2.81. The summed E-state index contributed by atoms with van der Waals surface area (Å²) in [6.45, 7) is 2.14. The lowest BCUT2D eigenvalue weighted by Gasteiger charge is -2.05. The number of aryl methyl sites for hydroxylation is 3. The van der Waals surface area contributed by atoms with Crippen molar-refractivity contribution in [2.75, 3.05) is 6.61 Å². The van der Waals surface area contributed by atoms with Crippen molar-refractivity contribution in [3.05, 3.63) is 45.9 Å². The average molecular weight is 276 g/mol. The first-order valence-electron chi connectivity index (χ1n) is 6.27. The van der Waals surface area contributed by atoms with Gasteiger partial charge in [-0.1, -0.05) is 0 Å². The van der Waals surface area contributed by atoms with Gasteiger partial charge in [0.25, 0.3) is 5.88 Å². The predicted molar refractivity (Wildman–Crippen MR) is 72.7 cm³/mol. The molecule has 0 aliphatic rings.